The van der Waals surface area contributed by atoms with E-state index in [9.17, 15) is 4.79 Å². The number of nitrogens with one attached hydrogen (secondary N) is 1. The maximum Gasteiger partial charge on any atom is 0.252 e. The van der Waals surface area contributed by atoms with Crippen molar-refractivity contribution in [1.82, 2.24) is 29.8 Å². The second kappa shape index (κ2) is 6.45. The van der Waals surface area contributed by atoms with Crippen molar-refractivity contribution in [1.29, 1.82) is 0 Å². The van der Waals surface area contributed by atoms with Crippen molar-refractivity contribution in [2.45, 2.75) is 31.3 Å². The van der Waals surface area contributed by atoms with Gasteiger partial charge in [-0.15, -0.1) is 0 Å². The number of aromatic nitrogens is 4. The van der Waals surface area contributed by atoms with Crippen molar-refractivity contribution in [3.63, 3.8) is 0 Å². The van der Waals surface area contributed by atoms with E-state index in [2.05, 4.69) is 25.3 Å². The summed E-state index contributed by atoms with van der Waals surface area (Å²) in [5.74, 6) is 0.640. The zero-order valence-electron chi connectivity index (χ0n) is 13.6. The second-order valence-corrected chi connectivity index (χ2v) is 6.66. The summed E-state index contributed by atoms with van der Waals surface area (Å²) < 4.78 is 7.53. The Hall–Kier alpha value is -2.06. The molecule has 0 bridgehead atoms. The number of carbonyl (C=O) groups is 1. The van der Waals surface area contributed by atoms with Gasteiger partial charge in [-0.25, -0.2) is 9.50 Å². The monoisotopic (exact) mass is 330 g/mol. The van der Waals surface area contributed by atoms with Gasteiger partial charge in [0.05, 0.1) is 5.60 Å². The molecule has 2 aliphatic heterocycles. The lowest BCUT2D eigenvalue weighted by Crippen LogP contribution is -2.57. The second-order valence-electron chi connectivity index (χ2n) is 6.66. The van der Waals surface area contributed by atoms with Crippen molar-refractivity contribution >= 4 is 11.7 Å². The normalized spacial score (nSPS) is 21.2. The largest absolute Gasteiger partial charge is 0.363 e. The average molecular weight is 330 g/mol. The number of rotatable bonds is 4. The van der Waals surface area contributed by atoms with E-state index >= 15 is 0 Å². The number of ether oxygens (including phenoxy) is 1. The number of likely N-dealkylation sites (tertiary alicyclic amines) is 1. The zero-order valence-corrected chi connectivity index (χ0v) is 13.6. The number of hydrogen-bond acceptors (Lipinski definition) is 6. The fraction of sp³-hybridized carbons (Fsp3) is 0.625. The van der Waals surface area contributed by atoms with Crippen LogP contribution in [0.15, 0.2) is 18.7 Å². The number of amides is 1. The Morgan fingerprint density at radius 2 is 2.17 bits per heavy atom. The van der Waals surface area contributed by atoms with Crippen LogP contribution in [0.5, 0.6) is 0 Å². The highest BCUT2D eigenvalue weighted by Gasteiger charge is 2.38. The molecule has 0 aliphatic carbocycles. The minimum absolute atomic E-state index is 0.000940. The van der Waals surface area contributed by atoms with Crippen LogP contribution in [-0.2, 0) is 16.0 Å². The van der Waals surface area contributed by atoms with Crippen molar-refractivity contribution < 1.29 is 9.53 Å². The summed E-state index contributed by atoms with van der Waals surface area (Å²) in [5.41, 5.74) is 1.05. The summed E-state index contributed by atoms with van der Waals surface area (Å²) in [6, 6.07) is 0. The van der Waals surface area contributed by atoms with Gasteiger partial charge in [0.2, 0.25) is 5.91 Å². The van der Waals surface area contributed by atoms with Gasteiger partial charge in [0.25, 0.3) is 5.78 Å². The van der Waals surface area contributed by atoms with E-state index in [0.29, 0.717) is 12.3 Å². The van der Waals surface area contributed by atoms with Crippen LogP contribution in [0.2, 0.25) is 0 Å². The number of aryl methyl sites for hydroxylation is 1. The molecule has 2 saturated heterocycles. The molecule has 0 radical (unpaired) electrons. The van der Waals surface area contributed by atoms with Crippen LogP contribution >= 0.6 is 0 Å². The third kappa shape index (κ3) is 3.25. The van der Waals surface area contributed by atoms with Crippen LogP contribution in [-0.4, -0.2) is 68.8 Å². The molecule has 0 saturated carbocycles. The third-order valence-corrected chi connectivity index (χ3v) is 5.01. The predicted octanol–water partition coefficient (Wildman–Crippen LogP) is 0.0379. The van der Waals surface area contributed by atoms with E-state index in [1.807, 2.05) is 12.4 Å². The standard InChI is InChI=1S/C16H22N6O2/c23-14-10-24-16(11-18-14)3-6-21(7-4-16)5-1-2-13-8-17-15-19-12-20-22(15)9-13/h8-9,12H,1-7,10-11H2,(H,18,23). The van der Waals surface area contributed by atoms with Crippen LogP contribution in [0, 0.1) is 0 Å². The first-order valence-electron chi connectivity index (χ1n) is 8.50. The maximum absolute atomic E-state index is 11.2. The average Bonchev–Trinajstić information content (AvgIpc) is 3.07. The lowest BCUT2D eigenvalue weighted by molar-refractivity contribution is -0.150. The summed E-state index contributed by atoms with van der Waals surface area (Å²) in [5, 5.41) is 7.05. The third-order valence-electron chi connectivity index (χ3n) is 5.01. The minimum Gasteiger partial charge on any atom is -0.363 e. The molecule has 0 aromatic carbocycles. The molecule has 0 atom stereocenters. The van der Waals surface area contributed by atoms with Crippen molar-refractivity contribution in [3.8, 4) is 0 Å². The molecular formula is C16H22N6O2. The van der Waals surface area contributed by atoms with E-state index in [1.165, 1.54) is 11.9 Å². The number of morpholine rings is 1. The SMILES string of the molecule is O=C1COC2(CCN(CCCc3cnc4ncnn4c3)CC2)CN1. The van der Waals surface area contributed by atoms with Gasteiger partial charge in [-0.3, -0.25) is 4.79 Å². The summed E-state index contributed by atoms with van der Waals surface area (Å²) in [7, 11) is 0. The van der Waals surface area contributed by atoms with E-state index in [0.717, 1.165) is 45.3 Å². The fourth-order valence-electron chi connectivity index (χ4n) is 3.48. The number of hydrogen-bond donors (Lipinski definition) is 1. The zero-order chi connectivity index (χ0) is 16.4. The highest BCUT2D eigenvalue weighted by molar-refractivity contribution is 5.78. The van der Waals surface area contributed by atoms with E-state index in [4.69, 9.17) is 4.74 Å². The molecule has 128 valence electrons. The molecule has 2 aromatic heterocycles. The molecule has 1 N–H and O–H groups in total. The van der Waals surface area contributed by atoms with Gasteiger partial charge in [-0.05, 0) is 37.8 Å². The fourth-order valence-corrected chi connectivity index (χ4v) is 3.48. The molecule has 2 aromatic rings. The van der Waals surface area contributed by atoms with Gasteiger partial charge < -0.3 is 15.0 Å². The lowest BCUT2D eigenvalue weighted by atomic mass is 9.90. The Balaban J connectivity index is 1.23. The summed E-state index contributed by atoms with van der Waals surface area (Å²) in [4.78, 5) is 22.1. The molecule has 4 heterocycles. The van der Waals surface area contributed by atoms with Gasteiger partial charge in [-0.2, -0.15) is 10.1 Å². The highest BCUT2D eigenvalue weighted by Crippen LogP contribution is 2.27. The van der Waals surface area contributed by atoms with E-state index in [1.54, 1.807) is 4.52 Å². The van der Waals surface area contributed by atoms with E-state index in [-0.39, 0.29) is 18.1 Å². The molecule has 4 rings (SSSR count). The minimum atomic E-state index is -0.132. The topological polar surface area (TPSA) is 84.7 Å². The highest BCUT2D eigenvalue weighted by atomic mass is 16.5. The van der Waals surface area contributed by atoms with Gasteiger partial charge in [0.15, 0.2) is 0 Å². The molecule has 1 spiro atoms. The quantitative estimate of drug-likeness (QED) is 0.852. The summed E-state index contributed by atoms with van der Waals surface area (Å²) >= 11 is 0. The molecule has 2 fully saturated rings. The Morgan fingerprint density at radius 1 is 1.29 bits per heavy atom. The van der Waals surface area contributed by atoms with Crippen LogP contribution in [0.3, 0.4) is 0 Å². The summed E-state index contributed by atoms with van der Waals surface area (Å²) in [6.45, 7) is 3.98. The Labute approximate surface area is 140 Å². The number of nitrogens with zero attached hydrogens (tertiary/aromatic N) is 5. The van der Waals surface area contributed by atoms with E-state index < -0.39 is 0 Å². The molecule has 8 heteroatoms. The molecule has 24 heavy (non-hydrogen) atoms. The first-order chi connectivity index (χ1) is 11.7. The van der Waals surface area contributed by atoms with Crippen LogP contribution in [0.1, 0.15) is 24.8 Å². The smallest absolute Gasteiger partial charge is 0.252 e. The predicted molar refractivity (Wildman–Crippen MR) is 86.5 cm³/mol. The number of piperidine rings is 1. The Morgan fingerprint density at radius 3 is 2.96 bits per heavy atom. The van der Waals surface area contributed by atoms with Crippen LogP contribution < -0.4 is 5.32 Å². The summed E-state index contributed by atoms with van der Waals surface area (Å²) in [6.07, 6.45) is 9.45. The van der Waals surface area contributed by atoms with Gasteiger partial charge in [0, 0.05) is 32.0 Å². The van der Waals surface area contributed by atoms with Crippen molar-refractivity contribution in [2.24, 2.45) is 0 Å². The molecule has 1 amide bonds. The van der Waals surface area contributed by atoms with Gasteiger partial charge in [-0.1, -0.05) is 0 Å². The first-order valence-corrected chi connectivity index (χ1v) is 8.50. The molecule has 8 nitrogen and oxygen atoms in total. The number of fused-ring (bicyclic) bond motifs is 1. The first kappa shape index (κ1) is 15.5. The van der Waals surface area contributed by atoms with Crippen LogP contribution in [0.25, 0.3) is 5.78 Å². The lowest BCUT2D eigenvalue weighted by Gasteiger charge is -2.43. The molecular weight excluding hydrogens is 308 g/mol. The van der Waals surface area contributed by atoms with Gasteiger partial charge in [0.1, 0.15) is 12.9 Å². The molecule has 2 aliphatic rings. The van der Waals surface area contributed by atoms with Gasteiger partial charge >= 0.3 is 0 Å². The van der Waals surface area contributed by atoms with Crippen molar-refractivity contribution in [3.05, 3.63) is 24.3 Å². The maximum atomic E-state index is 11.2. The number of carbonyl (C=O) groups excluding carboxylic acids is 1. The Kier molecular flexibility index (Phi) is 4.15. The van der Waals surface area contributed by atoms with Crippen LogP contribution in [0.4, 0.5) is 0 Å². The van der Waals surface area contributed by atoms with Crippen molar-refractivity contribution in [2.75, 3.05) is 32.8 Å². The Bertz CT molecular complexity index is 710. The molecule has 0 unspecified atom stereocenters.